The van der Waals surface area contributed by atoms with E-state index in [0.29, 0.717) is 18.9 Å². The van der Waals surface area contributed by atoms with Gasteiger partial charge in [-0.1, -0.05) is 0 Å². The molecule has 0 unspecified atom stereocenters. The number of nitrogens with two attached hydrogens (primary N) is 1. The summed E-state index contributed by atoms with van der Waals surface area (Å²) < 4.78 is 4.63. The van der Waals surface area contributed by atoms with Crippen molar-refractivity contribution in [3.63, 3.8) is 0 Å². The van der Waals surface area contributed by atoms with Gasteiger partial charge in [-0.25, -0.2) is 0 Å². The van der Waals surface area contributed by atoms with Crippen molar-refractivity contribution in [2.24, 2.45) is 5.73 Å². The van der Waals surface area contributed by atoms with Crippen LogP contribution in [0.15, 0.2) is 0 Å². The summed E-state index contributed by atoms with van der Waals surface area (Å²) in [5.74, 6) is 0.0168. The van der Waals surface area contributed by atoms with Crippen LogP contribution < -0.4 is 5.73 Å². The second kappa shape index (κ2) is 8.11. The molecule has 0 heterocycles. The van der Waals surface area contributed by atoms with E-state index in [9.17, 15) is 4.79 Å². The van der Waals surface area contributed by atoms with Gasteiger partial charge in [0.25, 0.3) is 0 Å². The second-order valence-corrected chi connectivity index (χ2v) is 2.21. The number of hydrogen-bond acceptors (Lipinski definition) is 3. The van der Waals surface area contributed by atoms with Gasteiger partial charge in [-0.15, -0.1) is 24.0 Å². The molecule has 0 saturated heterocycles. The van der Waals surface area contributed by atoms with E-state index in [0.717, 1.165) is 0 Å². The molecule has 0 radical (unpaired) electrons. The van der Waals surface area contributed by atoms with Crippen molar-refractivity contribution in [3.05, 3.63) is 0 Å². The van der Waals surface area contributed by atoms with Gasteiger partial charge >= 0.3 is 5.97 Å². The number of esters is 1. The fourth-order valence-electron chi connectivity index (χ4n) is 0.485. The predicted molar refractivity (Wildman–Crippen MR) is 47.2 cm³/mol. The minimum Gasteiger partial charge on any atom is -0.465 e. The normalized spacial score (nSPS) is 11.5. The Kier molecular flexibility index (Phi) is 10.0. The molecule has 0 aliphatic heterocycles. The zero-order valence-electron chi connectivity index (χ0n) is 6.38. The number of ether oxygens (including phenoxy) is 1. The molecule has 3 nitrogen and oxygen atoms in total. The lowest BCUT2D eigenvalue weighted by molar-refractivity contribution is -0.144. The molecule has 0 aromatic rings. The summed E-state index contributed by atoms with van der Waals surface area (Å²) in [6, 6.07) is -0.558. The molecule has 0 aromatic heterocycles. The molecule has 0 aliphatic rings. The smallest absolute Gasteiger partial charge is 0.322 e. The molecule has 0 spiro atoms. The highest BCUT2D eigenvalue weighted by Gasteiger charge is 2.12. The summed E-state index contributed by atoms with van der Waals surface area (Å²) in [5.41, 5.74) is 5.35. The van der Waals surface area contributed by atoms with Gasteiger partial charge in [-0.3, -0.25) is 4.79 Å². The van der Waals surface area contributed by atoms with Crippen molar-refractivity contribution in [2.75, 3.05) is 12.5 Å². The van der Waals surface area contributed by atoms with Crippen molar-refractivity contribution >= 4 is 30.0 Å². The van der Waals surface area contributed by atoms with Crippen LogP contribution >= 0.6 is 24.0 Å². The first-order valence-electron chi connectivity index (χ1n) is 3.20. The van der Waals surface area contributed by atoms with E-state index in [4.69, 9.17) is 17.3 Å². The summed E-state index contributed by atoms with van der Waals surface area (Å²) in [5, 5.41) is 0. The molecule has 0 aliphatic carbocycles. The fraction of sp³-hybridized carbons (Fsp3) is 0.833. The third-order valence-corrected chi connectivity index (χ3v) is 1.23. The Bertz CT molecular complexity index is 111. The van der Waals surface area contributed by atoms with Crippen LogP contribution in [0, 0.1) is 0 Å². The van der Waals surface area contributed by atoms with Gasteiger partial charge in [0.15, 0.2) is 0 Å². The van der Waals surface area contributed by atoms with E-state index in [1.807, 2.05) is 0 Å². The summed E-state index contributed by atoms with van der Waals surface area (Å²) in [4.78, 5) is 10.7. The molecule has 11 heavy (non-hydrogen) atoms. The Hall–Kier alpha value is 0.01000. The molecule has 68 valence electrons. The number of alkyl halides is 1. The molecule has 1 atom stereocenters. The molecule has 0 saturated carbocycles. The third-order valence-electron chi connectivity index (χ3n) is 1.01. The standard InChI is InChI=1S/C6H12ClNO2.ClH/c1-2-10-6(9)5(8)3-4-7;/h5H,2-4,8H2,1H3;1H/t5-;/m0./s1. The Morgan fingerprint density at radius 3 is 2.64 bits per heavy atom. The molecular formula is C6H13Cl2NO2. The number of halogens is 2. The van der Waals surface area contributed by atoms with Crippen LogP contribution in [0.25, 0.3) is 0 Å². The maximum atomic E-state index is 10.7. The van der Waals surface area contributed by atoms with Gasteiger partial charge in [-0.2, -0.15) is 0 Å². The Morgan fingerprint density at radius 2 is 2.27 bits per heavy atom. The van der Waals surface area contributed by atoms with Gasteiger partial charge in [-0.05, 0) is 13.3 Å². The highest BCUT2D eigenvalue weighted by molar-refractivity contribution is 6.18. The summed E-state index contributed by atoms with van der Waals surface area (Å²) >= 11 is 5.35. The lowest BCUT2D eigenvalue weighted by atomic mass is 10.2. The Morgan fingerprint density at radius 1 is 1.73 bits per heavy atom. The van der Waals surface area contributed by atoms with Gasteiger partial charge in [0.1, 0.15) is 6.04 Å². The summed E-state index contributed by atoms with van der Waals surface area (Å²) in [6.07, 6.45) is 0.473. The van der Waals surface area contributed by atoms with Crippen LogP contribution in [0.5, 0.6) is 0 Å². The molecule has 5 heteroatoms. The highest BCUT2D eigenvalue weighted by atomic mass is 35.5. The van der Waals surface area contributed by atoms with E-state index in [-0.39, 0.29) is 18.4 Å². The molecule has 0 bridgehead atoms. The van der Waals surface area contributed by atoms with Gasteiger partial charge in [0.05, 0.1) is 6.61 Å². The lowest BCUT2D eigenvalue weighted by Gasteiger charge is -2.07. The van der Waals surface area contributed by atoms with Crippen LogP contribution in [0.2, 0.25) is 0 Å². The highest BCUT2D eigenvalue weighted by Crippen LogP contribution is 1.93. The van der Waals surface area contributed by atoms with Crippen LogP contribution in [0.3, 0.4) is 0 Å². The van der Waals surface area contributed by atoms with Gasteiger partial charge in [0.2, 0.25) is 0 Å². The minimum atomic E-state index is -0.558. The molecule has 2 N–H and O–H groups in total. The van der Waals surface area contributed by atoms with Crippen molar-refractivity contribution in [3.8, 4) is 0 Å². The van der Waals surface area contributed by atoms with Crippen LogP contribution in [-0.4, -0.2) is 24.5 Å². The number of carbonyl (C=O) groups excluding carboxylic acids is 1. The predicted octanol–water partition coefficient (Wildman–Crippen LogP) is 0.927. The average molecular weight is 202 g/mol. The van der Waals surface area contributed by atoms with E-state index >= 15 is 0 Å². The summed E-state index contributed by atoms with van der Waals surface area (Å²) in [6.45, 7) is 2.11. The van der Waals surface area contributed by atoms with E-state index in [1.165, 1.54) is 0 Å². The zero-order chi connectivity index (χ0) is 7.98. The maximum absolute atomic E-state index is 10.7. The molecule has 0 rings (SSSR count). The zero-order valence-corrected chi connectivity index (χ0v) is 7.95. The topological polar surface area (TPSA) is 52.3 Å². The van der Waals surface area contributed by atoms with Crippen molar-refractivity contribution in [2.45, 2.75) is 19.4 Å². The first-order valence-corrected chi connectivity index (χ1v) is 3.74. The molecule has 0 aromatic carbocycles. The fourth-order valence-corrected chi connectivity index (χ4v) is 0.720. The quantitative estimate of drug-likeness (QED) is 0.544. The number of hydrogen-bond donors (Lipinski definition) is 1. The van der Waals surface area contributed by atoms with Crippen LogP contribution in [0.1, 0.15) is 13.3 Å². The monoisotopic (exact) mass is 201 g/mol. The third kappa shape index (κ3) is 6.41. The first kappa shape index (κ1) is 13.6. The second-order valence-electron chi connectivity index (χ2n) is 1.84. The first-order chi connectivity index (χ1) is 4.72. The lowest BCUT2D eigenvalue weighted by Crippen LogP contribution is -2.32. The van der Waals surface area contributed by atoms with Crippen molar-refractivity contribution < 1.29 is 9.53 Å². The molecular weight excluding hydrogens is 189 g/mol. The van der Waals surface area contributed by atoms with Gasteiger partial charge in [0, 0.05) is 5.88 Å². The van der Waals surface area contributed by atoms with Crippen LogP contribution in [-0.2, 0) is 9.53 Å². The number of carbonyl (C=O) groups is 1. The van der Waals surface area contributed by atoms with Crippen molar-refractivity contribution in [1.82, 2.24) is 0 Å². The van der Waals surface area contributed by atoms with Crippen molar-refractivity contribution in [1.29, 1.82) is 0 Å². The Balaban J connectivity index is 0. The van der Waals surface area contributed by atoms with E-state index in [1.54, 1.807) is 6.92 Å². The molecule has 0 fully saturated rings. The van der Waals surface area contributed by atoms with E-state index in [2.05, 4.69) is 4.74 Å². The van der Waals surface area contributed by atoms with E-state index < -0.39 is 6.04 Å². The maximum Gasteiger partial charge on any atom is 0.322 e. The van der Waals surface area contributed by atoms with Gasteiger partial charge < -0.3 is 10.5 Å². The average Bonchev–Trinajstić information content (AvgIpc) is 1.89. The number of rotatable bonds is 4. The largest absolute Gasteiger partial charge is 0.465 e. The Labute approximate surface area is 77.6 Å². The summed E-state index contributed by atoms with van der Waals surface area (Å²) in [7, 11) is 0. The SMILES string of the molecule is CCOC(=O)[C@@H](N)CCCl.Cl. The molecule has 0 amide bonds. The minimum absolute atomic E-state index is 0. The van der Waals surface area contributed by atoms with Crippen LogP contribution in [0.4, 0.5) is 0 Å².